The molecule has 0 amide bonds. The molecule has 0 N–H and O–H groups in total. The van der Waals surface area contributed by atoms with Gasteiger partial charge in [0.05, 0.1) is 11.4 Å². The second-order valence-corrected chi connectivity index (χ2v) is 13.3. The van der Waals surface area contributed by atoms with E-state index in [1.54, 1.807) is 6.20 Å². The molecule has 3 nitrogen and oxygen atoms in total. The van der Waals surface area contributed by atoms with Crippen LogP contribution in [0.1, 0.15) is 25.0 Å². The van der Waals surface area contributed by atoms with Gasteiger partial charge < -0.3 is 0 Å². The van der Waals surface area contributed by atoms with Crippen LogP contribution in [-0.2, 0) is 5.41 Å². The van der Waals surface area contributed by atoms with E-state index >= 15 is 0 Å². The van der Waals surface area contributed by atoms with Gasteiger partial charge in [0, 0.05) is 34.5 Å². The van der Waals surface area contributed by atoms with Crippen molar-refractivity contribution in [3.05, 3.63) is 175 Å². The molecule has 0 spiro atoms. The summed E-state index contributed by atoms with van der Waals surface area (Å²) in [5.41, 5.74) is 14.9. The molecule has 1 aliphatic rings. The zero-order valence-electron chi connectivity index (χ0n) is 27.4. The van der Waals surface area contributed by atoms with Crippen molar-refractivity contribution in [3.8, 4) is 67.3 Å². The summed E-state index contributed by atoms with van der Waals surface area (Å²) in [5, 5.41) is 2.61. The summed E-state index contributed by atoms with van der Waals surface area (Å²) in [6.45, 7) is 4.70. The highest BCUT2D eigenvalue weighted by Gasteiger charge is 2.36. The average Bonchev–Trinajstić information content (AvgIpc) is 3.41. The van der Waals surface area contributed by atoms with Crippen LogP contribution in [0.25, 0.3) is 78.1 Å². The fourth-order valence-electron chi connectivity index (χ4n) is 7.35. The molecule has 0 unspecified atom stereocenters. The Morgan fingerprint density at radius 3 is 1.76 bits per heavy atom. The Labute approximate surface area is 286 Å². The van der Waals surface area contributed by atoms with Gasteiger partial charge in [-0.1, -0.05) is 147 Å². The number of fused-ring (bicyclic) bond motifs is 5. The van der Waals surface area contributed by atoms with Crippen LogP contribution in [0.3, 0.4) is 0 Å². The molecule has 3 heteroatoms. The van der Waals surface area contributed by atoms with Gasteiger partial charge in [0.2, 0.25) is 0 Å². The van der Waals surface area contributed by atoms with Crippen molar-refractivity contribution in [3.63, 3.8) is 0 Å². The SMILES string of the molecule is CC1(C)c2cc(-c3ccc(-c4cc(-c5ccc(-c6cccnc6)cc5)nc(-c5ccccc5)n4)cc3)ccc2-c2c1ccc1ccccc21. The zero-order valence-corrected chi connectivity index (χ0v) is 27.4. The standard InChI is InChI=1S/C46H33N3/c1-46(2)40-25-23-32-9-6-7-13-38(32)44(40)39-24-22-36(27-41(39)46)30-14-18-33(19-15-30)42-28-43(49-45(48-42)35-10-4-3-5-11-35)34-20-16-31(17-21-34)37-12-8-26-47-29-37/h3-29H,1-2H3. The maximum atomic E-state index is 5.06. The molecule has 0 saturated heterocycles. The zero-order chi connectivity index (χ0) is 33.0. The monoisotopic (exact) mass is 627 g/mol. The lowest BCUT2D eigenvalue weighted by Gasteiger charge is -2.22. The van der Waals surface area contributed by atoms with Gasteiger partial charge in [-0.2, -0.15) is 0 Å². The largest absolute Gasteiger partial charge is 0.264 e. The topological polar surface area (TPSA) is 38.7 Å². The van der Waals surface area contributed by atoms with Crippen molar-refractivity contribution in [1.29, 1.82) is 0 Å². The van der Waals surface area contributed by atoms with Crippen molar-refractivity contribution in [2.75, 3.05) is 0 Å². The van der Waals surface area contributed by atoms with Gasteiger partial charge in [0.1, 0.15) is 0 Å². The summed E-state index contributed by atoms with van der Waals surface area (Å²) in [6.07, 6.45) is 3.68. The lowest BCUT2D eigenvalue weighted by molar-refractivity contribution is 0.661. The molecule has 6 aromatic carbocycles. The third-order valence-electron chi connectivity index (χ3n) is 10.0. The minimum atomic E-state index is -0.0773. The van der Waals surface area contributed by atoms with E-state index in [0.29, 0.717) is 5.82 Å². The Morgan fingerprint density at radius 1 is 0.449 bits per heavy atom. The van der Waals surface area contributed by atoms with Crippen LogP contribution in [0.15, 0.2) is 164 Å². The van der Waals surface area contributed by atoms with Crippen molar-refractivity contribution in [1.82, 2.24) is 15.0 Å². The normalized spacial score (nSPS) is 12.9. The van der Waals surface area contributed by atoms with Crippen LogP contribution in [0.5, 0.6) is 0 Å². The first-order chi connectivity index (χ1) is 24.0. The number of pyridine rings is 1. The molecule has 0 radical (unpaired) electrons. The highest BCUT2D eigenvalue weighted by molar-refractivity contribution is 6.02. The predicted octanol–water partition coefficient (Wildman–Crippen LogP) is 11.7. The Hall–Kier alpha value is -6.19. The number of benzene rings is 6. The summed E-state index contributed by atoms with van der Waals surface area (Å²) >= 11 is 0. The minimum absolute atomic E-state index is 0.0773. The summed E-state index contributed by atoms with van der Waals surface area (Å²) in [7, 11) is 0. The van der Waals surface area contributed by atoms with E-state index in [2.05, 4.69) is 146 Å². The number of hydrogen-bond donors (Lipinski definition) is 0. The van der Waals surface area contributed by atoms with Gasteiger partial charge in [-0.05, 0) is 73.5 Å². The van der Waals surface area contributed by atoms with Gasteiger partial charge in [0.25, 0.3) is 0 Å². The van der Waals surface area contributed by atoms with Crippen molar-refractivity contribution >= 4 is 10.8 Å². The maximum Gasteiger partial charge on any atom is 0.160 e. The van der Waals surface area contributed by atoms with Gasteiger partial charge >= 0.3 is 0 Å². The van der Waals surface area contributed by atoms with E-state index in [9.17, 15) is 0 Å². The molecule has 2 aromatic heterocycles. The summed E-state index contributed by atoms with van der Waals surface area (Å²) in [4.78, 5) is 14.4. The molecule has 8 aromatic rings. The second kappa shape index (κ2) is 11.5. The second-order valence-electron chi connectivity index (χ2n) is 13.3. The van der Waals surface area contributed by atoms with Crippen LogP contribution in [0, 0.1) is 0 Å². The number of rotatable bonds is 5. The molecule has 0 saturated carbocycles. The van der Waals surface area contributed by atoms with Crippen molar-refractivity contribution in [2.45, 2.75) is 19.3 Å². The summed E-state index contributed by atoms with van der Waals surface area (Å²) < 4.78 is 0. The fourth-order valence-corrected chi connectivity index (χ4v) is 7.35. The average molecular weight is 628 g/mol. The number of nitrogens with zero attached hydrogens (tertiary/aromatic N) is 3. The molecule has 9 rings (SSSR count). The molecular formula is C46H33N3. The predicted molar refractivity (Wildman–Crippen MR) is 202 cm³/mol. The van der Waals surface area contributed by atoms with E-state index in [1.165, 1.54) is 44.2 Å². The van der Waals surface area contributed by atoms with Crippen LogP contribution in [-0.4, -0.2) is 15.0 Å². The van der Waals surface area contributed by atoms with Gasteiger partial charge in [0.15, 0.2) is 5.82 Å². The summed E-state index contributed by atoms with van der Waals surface area (Å²) in [5.74, 6) is 0.710. The molecule has 1 aliphatic carbocycles. The maximum absolute atomic E-state index is 5.06. The van der Waals surface area contributed by atoms with E-state index < -0.39 is 0 Å². The highest BCUT2D eigenvalue weighted by atomic mass is 14.9. The van der Waals surface area contributed by atoms with Crippen LogP contribution in [0.2, 0.25) is 0 Å². The lowest BCUT2D eigenvalue weighted by atomic mass is 9.81. The molecule has 232 valence electrons. The Bertz CT molecular complexity index is 2480. The van der Waals surface area contributed by atoms with E-state index in [0.717, 1.165) is 39.2 Å². The van der Waals surface area contributed by atoms with E-state index in [4.69, 9.17) is 9.97 Å². The fraction of sp³-hybridized carbons (Fsp3) is 0.0652. The first kappa shape index (κ1) is 29.0. The smallest absolute Gasteiger partial charge is 0.160 e. The van der Waals surface area contributed by atoms with Crippen LogP contribution < -0.4 is 0 Å². The van der Waals surface area contributed by atoms with E-state index in [-0.39, 0.29) is 5.41 Å². The first-order valence-corrected chi connectivity index (χ1v) is 16.8. The highest BCUT2D eigenvalue weighted by Crippen LogP contribution is 2.52. The lowest BCUT2D eigenvalue weighted by Crippen LogP contribution is -2.15. The quantitative estimate of drug-likeness (QED) is 0.191. The Kier molecular flexibility index (Phi) is 6.80. The number of hydrogen-bond acceptors (Lipinski definition) is 3. The Morgan fingerprint density at radius 2 is 1.06 bits per heavy atom. The minimum Gasteiger partial charge on any atom is -0.264 e. The third kappa shape index (κ3) is 5.03. The van der Waals surface area contributed by atoms with Crippen molar-refractivity contribution < 1.29 is 0 Å². The summed E-state index contributed by atoms with van der Waals surface area (Å²) in [6, 6.07) is 53.9. The molecule has 2 heterocycles. The molecule has 0 bridgehead atoms. The van der Waals surface area contributed by atoms with Crippen LogP contribution in [0.4, 0.5) is 0 Å². The molecule has 0 atom stereocenters. The van der Waals surface area contributed by atoms with Crippen LogP contribution >= 0.6 is 0 Å². The van der Waals surface area contributed by atoms with E-state index in [1.807, 2.05) is 30.5 Å². The van der Waals surface area contributed by atoms with Crippen molar-refractivity contribution in [2.24, 2.45) is 0 Å². The molecule has 49 heavy (non-hydrogen) atoms. The number of aromatic nitrogens is 3. The van der Waals surface area contributed by atoms with Gasteiger partial charge in [-0.3, -0.25) is 4.98 Å². The van der Waals surface area contributed by atoms with Gasteiger partial charge in [-0.25, -0.2) is 9.97 Å². The van der Waals surface area contributed by atoms with Gasteiger partial charge in [-0.15, -0.1) is 0 Å². The molecule has 0 aliphatic heterocycles. The molecular weight excluding hydrogens is 595 g/mol. The Balaban J connectivity index is 1.08. The third-order valence-corrected chi connectivity index (χ3v) is 10.0. The molecule has 0 fully saturated rings. The first-order valence-electron chi connectivity index (χ1n) is 16.8.